The van der Waals surface area contributed by atoms with Crippen LogP contribution in [-0.2, 0) is 11.2 Å². The number of amides is 2. The average Bonchev–Trinajstić information content (AvgIpc) is 3.34. The van der Waals surface area contributed by atoms with E-state index in [0.29, 0.717) is 24.3 Å². The second kappa shape index (κ2) is 8.76. The first kappa shape index (κ1) is 20.4. The SMILES string of the molecule is Cl.NC[C@H]1CCC[C@H]1C(=O)Nc1cccc(C(=O)N2CCc3ccccc32)c1. The number of hydrogen-bond acceptors (Lipinski definition) is 3. The Labute approximate surface area is 171 Å². The van der Waals surface area contributed by atoms with E-state index < -0.39 is 0 Å². The molecule has 0 radical (unpaired) electrons. The number of anilines is 2. The maximum atomic E-state index is 13.0. The number of rotatable bonds is 4. The Morgan fingerprint density at radius 1 is 1.11 bits per heavy atom. The van der Waals surface area contributed by atoms with E-state index in [0.717, 1.165) is 31.4 Å². The van der Waals surface area contributed by atoms with Gasteiger partial charge in [0.25, 0.3) is 5.91 Å². The van der Waals surface area contributed by atoms with Gasteiger partial charge in [-0.25, -0.2) is 0 Å². The molecule has 2 atom stereocenters. The molecule has 1 aliphatic heterocycles. The number of nitrogens with two attached hydrogens (primary N) is 1. The number of para-hydroxylation sites is 1. The number of carbonyl (C=O) groups is 2. The lowest BCUT2D eigenvalue weighted by Gasteiger charge is -2.19. The summed E-state index contributed by atoms with van der Waals surface area (Å²) in [7, 11) is 0. The molecule has 0 aromatic heterocycles. The highest BCUT2D eigenvalue weighted by Crippen LogP contribution is 2.32. The van der Waals surface area contributed by atoms with Crippen molar-refractivity contribution in [2.75, 3.05) is 23.3 Å². The van der Waals surface area contributed by atoms with E-state index in [-0.39, 0.29) is 36.1 Å². The van der Waals surface area contributed by atoms with Gasteiger partial charge in [0.1, 0.15) is 0 Å². The maximum Gasteiger partial charge on any atom is 0.258 e. The molecule has 5 nitrogen and oxygen atoms in total. The molecule has 1 aliphatic carbocycles. The minimum Gasteiger partial charge on any atom is -0.330 e. The molecule has 0 unspecified atom stereocenters. The molecule has 28 heavy (non-hydrogen) atoms. The van der Waals surface area contributed by atoms with E-state index in [1.54, 1.807) is 12.1 Å². The van der Waals surface area contributed by atoms with E-state index in [2.05, 4.69) is 11.4 Å². The highest BCUT2D eigenvalue weighted by molar-refractivity contribution is 6.08. The van der Waals surface area contributed by atoms with Crippen LogP contribution in [0.4, 0.5) is 11.4 Å². The van der Waals surface area contributed by atoms with Gasteiger partial charge in [-0.15, -0.1) is 12.4 Å². The van der Waals surface area contributed by atoms with Crippen LogP contribution < -0.4 is 16.0 Å². The summed E-state index contributed by atoms with van der Waals surface area (Å²) in [5, 5.41) is 2.99. The third-order valence-electron chi connectivity index (χ3n) is 5.81. The minimum atomic E-state index is -0.0308. The Kier molecular flexibility index (Phi) is 6.37. The molecule has 1 fully saturated rings. The first-order valence-corrected chi connectivity index (χ1v) is 9.68. The fourth-order valence-corrected chi connectivity index (χ4v) is 4.33. The van der Waals surface area contributed by atoms with Gasteiger partial charge < -0.3 is 16.0 Å². The molecule has 148 valence electrons. The molecule has 6 heteroatoms. The van der Waals surface area contributed by atoms with Crippen LogP contribution in [0.2, 0.25) is 0 Å². The fourth-order valence-electron chi connectivity index (χ4n) is 4.33. The Balaban J connectivity index is 0.00000225. The molecule has 2 aliphatic rings. The maximum absolute atomic E-state index is 13.0. The van der Waals surface area contributed by atoms with Gasteiger partial charge in [-0.1, -0.05) is 30.7 Å². The van der Waals surface area contributed by atoms with Crippen LogP contribution in [0.25, 0.3) is 0 Å². The standard InChI is InChI=1S/C22H25N3O2.ClH/c23-14-17-7-4-9-19(17)21(26)24-18-8-3-6-16(13-18)22(27)25-12-11-15-5-1-2-10-20(15)25;/h1-3,5-6,8,10,13,17,19H,4,7,9,11-12,14,23H2,(H,24,26);1H/t17-,19-;/m1./s1. The van der Waals surface area contributed by atoms with Crippen LogP contribution in [0.5, 0.6) is 0 Å². The summed E-state index contributed by atoms with van der Waals surface area (Å²) < 4.78 is 0. The van der Waals surface area contributed by atoms with Crippen molar-refractivity contribution < 1.29 is 9.59 Å². The predicted octanol–water partition coefficient (Wildman–Crippen LogP) is 3.62. The van der Waals surface area contributed by atoms with E-state index in [4.69, 9.17) is 5.73 Å². The summed E-state index contributed by atoms with van der Waals surface area (Å²) in [5.41, 5.74) is 9.23. The number of halogens is 1. The van der Waals surface area contributed by atoms with Gasteiger partial charge in [-0.2, -0.15) is 0 Å². The van der Waals surface area contributed by atoms with Crippen LogP contribution in [0.1, 0.15) is 35.2 Å². The van der Waals surface area contributed by atoms with E-state index in [9.17, 15) is 9.59 Å². The van der Waals surface area contributed by atoms with Gasteiger partial charge in [0, 0.05) is 29.4 Å². The number of fused-ring (bicyclic) bond motifs is 1. The molecule has 1 heterocycles. The van der Waals surface area contributed by atoms with Crippen molar-refractivity contribution in [1.29, 1.82) is 0 Å². The number of hydrogen-bond donors (Lipinski definition) is 2. The molecule has 0 bridgehead atoms. The lowest BCUT2D eigenvalue weighted by Crippen LogP contribution is -2.30. The molecular formula is C22H26ClN3O2. The van der Waals surface area contributed by atoms with Crippen molar-refractivity contribution in [3.05, 3.63) is 59.7 Å². The third-order valence-corrected chi connectivity index (χ3v) is 5.81. The van der Waals surface area contributed by atoms with E-state index in [1.165, 1.54) is 5.56 Å². The van der Waals surface area contributed by atoms with Crippen LogP contribution in [0, 0.1) is 11.8 Å². The van der Waals surface area contributed by atoms with Gasteiger partial charge in [0.15, 0.2) is 0 Å². The minimum absolute atomic E-state index is 0. The summed E-state index contributed by atoms with van der Waals surface area (Å²) in [6, 6.07) is 15.2. The number of nitrogens with zero attached hydrogens (tertiary/aromatic N) is 1. The smallest absolute Gasteiger partial charge is 0.258 e. The van der Waals surface area contributed by atoms with Crippen molar-refractivity contribution in [2.45, 2.75) is 25.7 Å². The molecule has 0 spiro atoms. The van der Waals surface area contributed by atoms with Gasteiger partial charge in [0.05, 0.1) is 0 Å². The largest absolute Gasteiger partial charge is 0.330 e. The van der Waals surface area contributed by atoms with Crippen LogP contribution in [-0.4, -0.2) is 24.9 Å². The predicted molar refractivity (Wildman–Crippen MR) is 114 cm³/mol. The number of nitrogens with one attached hydrogen (secondary N) is 1. The van der Waals surface area contributed by atoms with Gasteiger partial charge in [-0.3, -0.25) is 9.59 Å². The van der Waals surface area contributed by atoms with E-state index in [1.807, 2.05) is 35.2 Å². The molecule has 3 N–H and O–H groups in total. The van der Waals surface area contributed by atoms with Crippen molar-refractivity contribution in [3.63, 3.8) is 0 Å². The Morgan fingerprint density at radius 3 is 2.75 bits per heavy atom. The van der Waals surface area contributed by atoms with Crippen LogP contribution in [0.3, 0.4) is 0 Å². The van der Waals surface area contributed by atoms with Crippen LogP contribution in [0.15, 0.2) is 48.5 Å². The monoisotopic (exact) mass is 399 g/mol. The van der Waals surface area contributed by atoms with Crippen molar-refractivity contribution in [2.24, 2.45) is 17.6 Å². The summed E-state index contributed by atoms with van der Waals surface area (Å²) in [4.78, 5) is 27.4. The summed E-state index contributed by atoms with van der Waals surface area (Å²) >= 11 is 0. The van der Waals surface area contributed by atoms with Crippen molar-refractivity contribution in [1.82, 2.24) is 0 Å². The molecule has 2 amide bonds. The second-order valence-corrected chi connectivity index (χ2v) is 7.44. The highest BCUT2D eigenvalue weighted by atomic mass is 35.5. The molecule has 4 rings (SSSR count). The average molecular weight is 400 g/mol. The molecule has 0 saturated heterocycles. The Morgan fingerprint density at radius 2 is 1.93 bits per heavy atom. The number of benzene rings is 2. The topological polar surface area (TPSA) is 75.4 Å². The quantitative estimate of drug-likeness (QED) is 0.824. The zero-order chi connectivity index (χ0) is 18.8. The van der Waals surface area contributed by atoms with Crippen LogP contribution >= 0.6 is 12.4 Å². The molecule has 2 aromatic rings. The zero-order valence-electron chi connectivity index (χ0n) is 15.8. The first-order chi connectivity index (χ1) is 13.2. The fraction of sp³-hybridized carbons (Fsp3) is 0.364. The molecule has 2 aromatic carbocycles. The Hall–Kier alpha value is -2.37. The third kappa shape index (κ3) is 3.91. The lowest BCUT2D eigenvalue weighted by molar-refractivity contribution is -0.120. The number of carbonyl (C=O) groups excluding carboxylic acids is 2. The first-order valence-electron chi connectivity index (χ1n) is 9.68. The van der Waals surface area contributed by atoms with Crippen molar-refractivity contribution >= 4 is 35.6 Å². The Bertz CT molecular complexity index is 870. The lowest BCUT2D eigenvalue weighted by atomic mass is 9.95. The molecular weight excluding hydrogens is 374 g/mol. The van der Waals surface area contributed by atoms with Gasteiger partial charge in [0.2, 0.25) is 5.91 Å². The van der Waals surface area contributed by atoms with E-state index >= 15 is 0 Å². The second-order valence-electron chi connectivity index (χ2n) is 7.44. The molecule has 1 saturated carbocycles. The van der Waals surface area contributed by atoms with Crippen molar-refractivity contribution in [3.8, 4) is 0 Å². The summed E-state index contributed by atoms with van der Waals surface area (Å²) in [6.07, 6.45) is 3.83. The highest BCUT2D eigenvalue weighted by Gasteiger charge is 2.32. The van der Waals surface area contributed by atoms with Gasteiger partial charge >= 0.3 is 0 Å². The van der Waals surface area contributed by atoms with Gasteiger partial charge in [-0.05, 0) is 61.6 Å². The summed E-state index contributed by atoms with van der Waals surface area (Å²) in [6.45, 7) is 1.24. The zero-order valence-corrected chi connectivity index (χ0v) is 16.6. The summed E-state index contributed by atoms with van der Waals surface area (Å²) in [5.74, 6) is 0.214. The normalized spacial score (nSPS) is 20.4.